The van der Waals surface area contributed by atoms with Crippen LogP contribution in [0.3, 0.4) is 0 Å². The third kappa shape index (κ3) is 8.68. The van der Waals surface area contributed by atoms with Crippen LogP contribution in [0, 0.1) is 5.92 Å². The molecule has 1 aliphatic rings. The van der Waals surface area contributed by atoms with Gasteiger partial charge >= 0.3 is 0 Å². The van der Waals surface area contributed by atoms with Gasteiger partial charge in [-0.3, -0.25) is 14.6 Å². The molecule has 0 spiro atoms. The second kappa shape index (κ2) is 12.0. The first-order valence-corrected chi connectivity index (χ1v) is 7.15. The van der Waals surface area contributed by atoms with Crippen molar-refractivity contribution in [3.63, 3.8) is 0 Å². The molecule has 9 heteroatoms. The Hall–Kier alpha value is -1.54. The van der Waals surface area contributed by atoms with E-state index in [1.54, 1.807) is 0 Å². The van der Waals surface area contributed by atoms with Crippen molar-refractivity contribution in [3.05, 3.63) is 0 Å². The molecule has 1 saturated carbocycles. The van der Waals surface area contributed by atoms with Gasteiger partial charge in [-0.05, 0) is 25.7 Å². The van der Waals surface area contributed by atoms with Gasteiger partial charge in [-0.1, -0.05) is 19.3 Å². The van der Waals surface area contributed by atoms with Gasteiger partial charge in [-0.2, -0.15) is 0 Å². The summed E-state index contributed by atoms with van der Waals surface area (Å²) in [5.41, 5.74) is 15.7. The summed E-state index contributed by atoms with van der Waals surface area (Å²) in [4.78, 5) is 27.3. The minimum absolute atomic E-state index is 0. The van der Waals surface area contributed by atoms with E-state index in [9.17, 15) is 9.59 Å². The zero-order chi connectivity index (χ0) is 15.0. The minimum atomic E-state index is -0.640. The van der Waals surface area contributed by atoms with Crippen molar-refractivity contribution in [3.8, 4) is 0 Å². The molecule has 0 heterocycles. The van der Waals surface area contributed by atoms with Crippen LogP contribution < -0.4 is 22.5 Å². The Morgan fingerprint density at radius 1 is 1.14 bits per heavy atom. The number of rotatable bonds is 7. The highest BCUT2D eigenvalue weighted by Gasteiger charge is 2.25. The summed E-state index contributed by atoms with van der Waals surface area (Å²) in [7, 11) is 0. The van der Waals surface area contributed by atoms with Gasteiger partial charge in [-0.15, -0.1) is 12.4 Å². The van der Waals surface area contributed by atoms with Crippen LogP contribution in [0.2, 0.25) is 0 Å². The fourth-order valence-corrected chi connectivity index (χ4v) is 2.44. The van der Waals surface area contributed by atoms with E-state index in [2.05, 4.69) is 10.3 Å². The van der Waals surface area contributed by atoms with Crippen molar-refractivity contribution < 1.29 is 15.1 Å². The highest BCUT2D eigenvalue weighted by molar-refractivity contribution is 5.87. The van der Waals surface area contributed by atoms with Gasteiger partial charge in [-0.25, -0.2) is 0 Å². The number of nitrogens with two attached hydrogens (primary N) is 3. The summed E-state index contributed by atoms with van der Waals surface area (Å²) in [6, 6.07) is -0.640. The summed E-state index contributed by atoms with van der Waals surface area (Å²) in [6.07, 6.45) is 6.16. The number of nitrogens with one attached hydrogen (secondary N) is 1. The molecule has 1 aliphatic carbocycles. The molecule has 0 radical (unpaired) electrons. The third-order valence-corrected chi connectivity index (χ3v) is 3.58. The molecule has 0 aromatic carbocycles. The molecular formula is C13H28ClN5O3. The topological polar surface area (TPSA) is 168 Å². The highest BCUT2D eigenvalue weighted by Crippen LogP contribution is 2.23. The fraction of sp³-hybridized carbons (Fsp3) is 0.769. The molecule has 9 N–H and O–H groups in total. The Labute approximate surface area is 137 Å². The molecule has 130 valence electrons. The van der Waals surface area contributed by atoms with E-state index in [0.717, 1.165) is 25.7 Å². The normalized spacial score (nSPS) is 15.6. The van der Waals surface area contributed by atoms with Crippen LogP contribution in [0.1, 0.15) is 44.9 Å². The van der Waals surface area contributed by atoms with Crippen LogP contribution in [0.4, 0.5) is 0 Å². The van der Waals surface area contributed by atoms with E-state index >= 15 is 0 Å². The fourth-order valence-electron chi connectivity index (χ4n) is 2.44. The molecule has 0 saturated heterocycles. The monoisotopic (exact) mass is 337 g/mol. The van der Waals surface area contributed by atoms with E-state index in [0.29, 0.717) is 19.4 Å². The van der Waals surface area contributed by atoms with Crippen molar-refractivity contribution in [2.75, 3.05) is 6.54 Å². The maximum atomic E-state index is 12.1. The number of amides is 2. The number of halogens is 1. The first kappa shape index (κ1) is 22.7. The lowest BCUT2D eigenvalue weighted by molar-refractivity contribution is -0.130. The lowest BCUT2D eigenvalue weighted by atomic mass is 9.88. The number of aliphatic imine (C=N–C) groups is 1. The smallest absolute Gasteiger partial charge is 0.240 e. The molecule has 8 nitrogen and oxygen atoms in total. The number of guanidine groups is 1. The van der Waals surface area contributed by atoms with E-state index in [1.165, 1.54) is 6.42 Å². The third-order valence-electron chi connectivity index (χ3n) is 3.58. The average Bonchev–Trinajstić information content (AvgIpc) is 2.42. The van der Waals surface area contributed by atoms with E-state index in [4.69, 9.17) is 17.2 Å². The number of carbonyl (C=O) groups excluding carboxylic acids is 2. The number of hydrogen-bond acceptors (Lipinski definition) is 3. The lowest BCUT2D eigenvalue weighted by Crippen LogP contribution is -2.47. The van der Waals surface area contributed by atoms with E-state index < -0.39 is 11.9 Å². The second-order valence-electron chi connectivity index (χ2n) is 5.25. The maximum Gasteiger partial charge on any atom is 0.240 e. The van der Waals surface area contributed by atoms with Gasteiger partial charge < -0.3 is 28.0 Å². The van der Waals surface area contributed by atoms with E-state index in [1.807, 2.05) is 0 Å². The van der Waals surface area contributed by atoms with Crippen molar-refractivity contribution in [2.45, 2.75) is 51.0 Å². The van der Waals surface area contributed by atoms with Gasteiger partial charge in [0.1, 0.15) is 6.04 Å². The zero-order valence-corrected chi connectivity index (χ0v) is 13.5. The summed E-state index contributed by atoms with van der Waals surface area (Å²) < 4.78 is 0. The average molecular weight is 338 g/mol. The van der Waals surface area contributed by atoms with Crippen LogP contribution in [0.5, 0.6) is 0 Å². The van der Waals surface area contributed by atoms with Crippen LogP contribution in [-0.4, -0.2) is 35.8 Å². The zero-order valence-electron chi connectivity index (χ0n) is 12.7. The molecular weight excluding hydrogens is 310 g/mol. The van der Waals surface area contributed by atoms with E-state index in [-0.39, 0.29) is 35.7 Å². The van der Waals surface area contributed by atoms with Crippen molar-refractivity contribution in [1.29, 1.82) is 0 Å². The number of nitrogens with zero attached hydrogens (tertiary/aromatic N) is 1. The Morgan fingerprint density at radius 3 is 2.23 bits per heavy atom. The van der Waals surface area contributed by atoms with Crippen molar-refractivity contribution in [2.24, 2.45) is 28.1 Å². The Balaban J connectivity index is 0. The van der Waals surface area contributed by atoms with Crippen molar-refractivity contribution in [1.82, 2.24) is 5.32 Å². The van der Waals surface area contributed by atoms with Crippen LogP contribution >= 0.6 is 12.4 Å². The molecule has 1 fully saturated rings. The standard InChI is InChI=1S/C13H25N5O2.ClH.H2O/c14-11(19)10(7-4-8-17-13(15)16)18-12(20)9-5-2-1-3-6-9;;/h9-10H,1-8H2,(H2,14,19)(H,18,20)(H4,15,16,17);1H;1H2. The van der Waals surface area contributed by atoms with Gasteiger partial charge in [0.25, 0.3) is 0 Å². The van der Waals surface area contributed by atoms with Gasteiger partial charge in [0.05, 0.1) is 0 Å². The molecule has 2 amide bonds. The molecule has 22 heavy (non-hydrogen) atoms. The minimum Gasteiger partial charge on any atom is -0.412 e. The van der Waals surface area contributed by atoms with Gasteiger partial charge in [0.15, 0.2) is 5.96 Å². The lowest BCUT2D eigenvalue weighted by Gasteiger charge is -2.23. The predicted octanol–water partition coefficient (Wildman–Crippen LogP) is -0.812. The molecule has 1 unspecified atom stereocenters. The maximum absolute atomic E-state index is 12.1. The summed E-state index contributed by atoms with van der Waals surface area (Å²) in [5, 5.41) is 2.75. The first-order valence-electron chi connectivity index (χ1n) is 7.15. The summed E-state index contributed by atoms with van der Waals surface area (Å²) >= 11 is 0. The summed E-state index contributed by atoms with van der Waals surface area (Å²) in [6.45, 7) is 0.422. The summed E-state index contributed by atoms with van der Waals surface area (Å²) in [5.74, 6) is -0.538. The van der Waals surface area contributed by atoms with Crippen LogP contribution in [-0.2, 0) is 9.59 Å². The quantitative estimate of drug-likeness (QED) is 0.271. The molecule has 1 atom stereocenters. The van der Waals surface area contributed by atoms with Crippen LogP contribution in [0.15, 0.2) is 4.99 Å². The Kier molecular flexibility index (Phi) is 12.5. The Bertz CT molecular complexity index is 369. The molecule has 0 aliphatic heterocycles. The predicted molar refractivity (Wildman–Crippen MR) is 88.5 cm³/mol. The number of primary amides is 1. The number of carbonyl (C=O) groups is 2. The molecule has 1 rings (SSSR count). The second-order valence-corrected chi connectivity index (χ2v) is 5.25. The largest absolute Gasteiger partial charge is 0.412 e. The van der Waals surface area contributed by atoms with Crippen molar-refractivity contribution >= 4 is 30.2 Å². The van der Waals surface area contributed by atoms with Gasteiger partial charge in [0, 0.05) is 12.5 Å². The number of hydrogen-bond donors (Lipinski definition) is 4. The Morgan fingerprint density at radius 2 is 1.73 bits per heavy atom. The highest BCUT2D eigenvalue weighted by atomic mass is 35.5. The van der Waals surface area contributed by atoms with Crippen LogP contribution in [0.25, 0.3) is 0 Å². The van der Waals surface area contributed by atoms with Gasteiger partial charge in [0.2, 0.25) is 11.8 Å². The molecule has 0 aromatic heterocycles. The molecule has 0 bridgehead atoms. The SMILES string of the molecule is Cl.NC(=O)C(CCCN=C(N)N)NC(=O)C1CCCCC1.O. The first-order chi connectivity index (χ1) is 9.50. The molecule has 0 aromatic rings.